The number of furan rings is 1. The van der Waals surface area contributed by atoms with Gasteiger partial charge in [0.1, 0.15) is 16.7 Å². The number of fused-ring (bicyclic) bond motifs is 4. The van der Waals surface area contributed by atoms with Crippen LogP contribution in [0.3, 0.4) is 0 Å². The molecule has 0 aliphatic rings. The molecule has 2 aromatic heterocycles. The quantitative estimate of drug-likeness (QED) is 0.168. The normalized spacial score (nSPS) is 11.4. The Morgan fingerprint density at radius 1 is 0.358 bits per heavy atom. The van der Waals surface area contributed by atoms with E-state index in [0.717, 1.165) is 66.8 Å². The Kier molecular flexibility index (Phi) is 7.43. The Labute approximate surface area is 306 Å². The average molecular weight is 681 g/mol. The van der Waals surface area contributed by atoms with E-state index in [1.165, 1.54) is 22.3 Å². The number of benzene rings is 8. The Balaban J connectivity index is 0.992. The van der Waals surface area contributed by atoms with E-state index in [4.69, 9.17) is 13.8 Å². The van der Waals surface area contributed by atoms with Gasteiger partial charge in [0.2, 0.25) is 5.89 Å². The van der Waals surface area contributed by atoms with Crippen LogP contribution in [0.25, 0.3) is 77.9 Å². The molecule has 4 nitrogen and oxygen atoms in total. The van der Waals surface area contributed by atoms with Gasteiger partial charge in [-0.25, -0.2) is 4.98 Å². The number of anilines is 3. The molecule has 4 heteroatoms. The fourth-order valence-electron chi connectivity index (χ4n) is 7.29. The number of nitrogens with zero attached hydrogens (tertiary/aromatic N) is 2. The SMILES string of the molecule is c1ccc(-c2ccc(-c3ccc(N(c4ccccc4)c4ccc(-c5cccc6oc7cc8nc(-c9ccccc9)oc8cc7c56)cc4)cc3)cc2)cc1. The molecule has 0 fully saturated rings. The molecule has 250 valence electrons. The van der Waals surface area contributed by atoms with E-state index < -0.39 is 0 Å². The molecule has 0 aliphatic heterocycles. The Bertz CT molecular complexity index is 2840. The highest BCUT2D eigenvalue weighted by Crippen LogP contribution is 2.41. The Hall–Kier alpha value is -7.17. The van der Waals surface area contributed by atoms with Crippen molar-refractivity contribution < 1.29 is 8.83 Å². The van der Waals surface area contributed by atoms with Gasteiger partial charge in [-0.2, -0.15) is 0 Å². The van der Waals surface area contributed by atoms with Crippen LogP contribution in [0.2, 0.25) is 0 Å². The van der Waals surface area contributed by atoms with Gasteiger partial charge in [-0.15, -0.1) is 0 Å². The van der Waals surface area contributed by atoms with Crippen molar-refractivity contribution in [3.8, 4) is 44.8 Å². The summed E-state index contributed by atoms with van der Waals surface area (Å²) in [5, 5.41) is 2.06. The molecule has 0 aliphatic carbocycles. The van der Waals surface area contributed by atoms with E-state index in [9.17, 15) is 0 Å². The molecule has 53 heavy (non-hydrogen) atoms. The smallest absolute Gasteiger partial charge is 0.227 e. The molecule has 0 saturated heterocycles. The maximum absolute atomic E-state index is 6.39. The molecule has 8 aromatic carbocycles. The van der Waals surface area contributed by atoms with Gasteiger partial charge >= 0.3 is 0 Å². The molecule has 0 spiro atoms. The molecule has 2 heterocycles. The molecule has 0 radical (unpaired) electrons. The van der Waals surface area contributed by atoms with Gasteiger partial charge in [0.25, 0.3) is 0 Å². The van der Waals surface area contributed by atoms with Crippen molar-refractivity contribution in [2.24, 2.45) is 0 Å². The minimum atomic E-state index is 0.600. The van der Waals surface area contributed by atoms with Gasteiger partial charge in [-0.3, -0.25) is 0 Å². The third-order valence-electron chi connectivity index (χ3n) is 9.93. The van der Waals surface area contributed by atoms with E-state index in [1.807, 2.05) is 48.5 Å². The van der Waals surface area contributed by atoms with Crippen molar-refractivity contribution in [1.82, 2.24) is 4.98 Å². The molecule has 0 saturated carbocycles. The first-order valence-electron chi connectivity index (χ1n) is 17.8. The van der Waals surface area contributed by atoms with Gasteiger partial charge in [0.05, 0.1) is 0 Å². The zero-order valence-corrected chi connectivity index (χ0v) is 28.7. The van der Waals surface area contributed by atoms with E-state index in [1.54, 1.807) is 0 Å². The van der Waals surface area contributed by atoms with Crippen LogP contribution in [0.1, 0.15) is 0 Å². The predicted molar refractivity (Wildman–Crippen MR) is 218 cm³/mol. The molecular weight excluding hydrogens is 649 g/mol. The molecule has 10 aromatic rings. The number of rotatable bonds is 7. The fourth-order valence-corrected chi connectivity index (χ4v) is 7.29. The molecule has 0 unspecified atom stereocenters. The lowest BCUT2D eigenvalue weighted by molar-refractivity contribution is 0.620. The predicted octanol–water partition coefficient (Wildman–Crippen LogP) is 13.9. The Morgan fingerprint density at radius 3 is 1.49 bits per heavy atom. The van der Waals surface area contributed by atoms with Crippen LogP contribution < -0.4 is 4.90 Å². The summed E-state index contributed by atoms with van der Waals surface area (Å²) in [5.74, 6) is 0.600. The van der Waals surface area contributed by atoms with Crippen LogP contribution in [0.15, 0.2) is 203 Å². The minimum Gasteiger partial charge on any atom is -0.456 e. The molecule has 10 rings (SSSR count). The highest BCUT2D eigenvalue weighted by molar-refractivity contribution is 6.15. The first kappa shape index (κ1) is 30.6. The maximum Gasteiger partial charge on any atom is 0.227 e. The number of oxazole rings is 1. The first-order chi connectivity index (χ1) is 26.2. The van der Waals surface area contributed by atoms with Gasteiger partial charge in [0, 0.05) is 39.5 Å². The minimum absolute atomic E-state index is 0.600. The summed E-state index contributed by atoms with van der Waals surface area (Å²) in [6.07, 6.45) is 0. The zero-order chi connectivity index (χ0) is 35.1. The van der Waals surface area contributed by atoms with E-state index >= 15 is 0 Å². The second-order valence-electron chi connectivity index (χ2n) is 13.2. The van der Waals surface area contributed by atoms with Crippen molar-refractivity contribution in [3.63, 3.8) is 0 Å². The van der Waals surface area contributed by atoms with Crippen LogP contribution >= 0.6 is 0 Å². The molecule has 0 atom stereocenters. The molecule has 0 N–H and O–H groups in total. The van der Waals surface area contributed by atoms with Crippen molar-refractivity contribution in [2.75, 3.05) is 4.90 Å². The highest BCUT2D eigenvalue weighted by Gasteiger charge is 2.18. The Morgan fingerprint density at radius 2 is 0.868 bits per heavy atom. The standard InChI is InChI=1S/C49H32N2O2/c1-4-11-33(12-5-1)34-19-21-35(22-20-34)36-23-27-40(28-24-36)51(39-15-8-3-9-16-39)41-29-25-37(26-30-41)42-17-10-18-45-48(42)43-31-47-44(32-46(43)52-45)50-49(53-47)38-13-6-2-7-14-38/h1-32H. The summed E-state index contributed by atoms with van der Waals surface area (Å²) < 4.78 is 12.6. The van der Waals surface area contributed by atoms with Crippen molar-refractivity contribution in [1.29, 1.82) is 0 Å². The van der Waals surface area contributed by atoms with Crippen LogP contribution in [0.4, 0.5) is 17.1 Å². The zero-order valence-electron chi connectivity index (χ0n) is 28.7. The second kappa shape index (κ2) is 12.9. The lowest BCUT2D eigenvalue weighted by Gasteiger charge is -2.26. The summed E-state index contributed by atoms with van der Waals surface area (Å²) in [5.41, 5.74) is 14.3. The van der Waals surface area contributed by atoms with Crippen LogP contribution in [-0.4, -0.2) is 4.98 Å². The second-order valence-corrected chi connectivity index (χ2v) is 13.2. The lowest BCUT2D eigenvalue weighted by Crippen LogP contribution is -2.09. The lowest BCUT2D eigenvalue weighted by atomic mass is 9.98. The number of aromatic nitrogens is 1. The van der Waals surface area contributed by atoms with Crippen molar-refractivity contribution >= 4 is 50.1 Å². The largest absolute Gasteiger partial charge is 0.456 e. The summed E-state index contributed by atoms with van der Waals surface area (Å²) in [7, 11) is 0. The number of hydrogen-bond acceptors (Lipinski definition) is 4. The summed E-state index contributed by atoms with van der Waals surface area (Å²) in [6, 6.07) is 67.6. The van der Waals surface area contributed by atoms with E-state index in [-0.39, 0.29) is 0 Å². The number of para-hydroxylation sites is 1. The molecule has 0 amide bonds. The van der Waals surface area contributed by atoms with Gasteiger partial charge in [-0.1, -0.05) is 127 Å². The monoisotopic (exact) mass is 680 g/mol. The number of hydrogen-bond donors (Lipinski definition) is 0. The van der Waals surface area contributed by atoms with Gasteiger partial charge in [0.15, 0.2) is 5.58 Å². The van der Waals surface area contributed by atoms with Crippen LogP contribution in [-0.2, 0) is 0 Å². The first-order valence-corrected chi connectivity index (χ1v) is 17.8. The average Bonchev–Trinajstić information content (AvgIpc) is 3.82. The van der Waals surface area contributed by atoms with Gasteiger partial charge < -0.3 is 13.7 Å². The van der Waals surface area contributed by atoms with Crippen molar-refractivity contribution in [3.05, 3.63) is 194 Å². The fraction of sp³-hybridized carbons (Fsp3) is 0. The van der Waals surface area contributed by atoms with E-state index in [0.29, 0.717) is 5.89 Å². The third-order valence-corrected chi connectivity index (χ3v) is 9.93. The topological polar surface area (TPSA) is 42.4 Å². The van der Waals surface area contributed by atoms with Crippen molar-refractivity contribution in [2.45, 2.75) is 0 Å². The van der Waals surface area contributed by atoms with Crippen LogP contribution in [0, 0.1) is 0 Å². The summed E-state index contributed by atoms with van der Waals surface area (Å²) >= 11 is 0. The highest BCUT2D eigenvalue weighted by atomic mass is 16.4. The summed E-state index contributed by atoms with van der Waals surface area (Å²) in [6.45, 7) is 0. The third kappa shape index (κ3) is 5.63. The van der Waals surface area contributed by atoms with Crippen LogP contribution in [0.5, 0.6) is 0 Å². The van der Waals surface area contributed by atoms with Gasteiger partial charge in [-0.05, 0) is 94.0 Å². The molecule has 0 bridgehead atoms. The maximum atomic E-state index is 6.39. The summed E-state index contributed by atoms with van der Waals surface area (Å²) in [4.78, 5) is 7.06. The van der Waals surface area contributed by atoms with E-state index in [2.05, 4.69) is 150 Å². The molecular formula is C49H32N2O2.